The number of hydrogen-bond donors (Lipinski definition) is 0. The summed E-state index contributed by atoms with van der Waals surface area (Å²) in [7, 11) is 0. The Morgan fingerprint density at radius 1 is 1.44 bits per heavy atom. The summed E-state index contributed by atoms with van der Waals surface area (Å²) in [5, 5.41) is 8.28. The maximum Gasteiger partial charge on any atom is 0.0944 e. The SMILES string of the molecule is CC(Br)=CC=C(C)C#N. The van der Waals surface area contributed by atoms with Gasteiger partial charge in [-0.05, 0) is 24.4 Å². The summed E-state index contributed by atoms with van der Waals surface area (Å²) in [6, 6.07) is 2.02. The Labute approximate surface area is 63.8 Å². The van der Waals surface area contributed by atoms with Crippen molar-refractivity contribution < 1.29 is 0 Å². The Morgan fingerprint density at radius 3 is 2.33 bits per heavy atom. The Bertz CT molecular complexity index is 180. The van der Waals surface area contributed by atoms with E-state index in [1.165, 1.54) is 0 Å². The van der Waals surface area contributed by atoms with E-state index in [0.29, 0.717) is 5.57 Å². The number of allylic oxidation sites excluding steroid dienone is 4. The van der Waals surface area contributed by atoms with Gasteiger partial charge in [-0.15, -0.1) is 0 Å². The third kappa shape index (κ3) is 5.32. The highest BCUT2D eigenvalue weighted by molar-refractivity contribution is 9.11. The van der Waals surface area contributed by atoms with Gasteiger partial charge >= 0.3 is 0 Å². The monoisotopic (exact) mass is 185 g/mol. The lowest BCUT2D eigenvalue weighted by atomic mass is 10.3. The Morgan fingerprint density at radius 2 is 2.00 bits per heavy atom. The predicted molar refractivity (Wildman–Crippen MR) is 42.1 cm³/mol. The average molecular weight is 186 g/mol. The molecule has 0 spiro atoms. The molecule has 0 heterocycles. The summed E-state index contributed by atoms with van der Waals surface area (Å²) in [6.07, 6.45) is 3.61. The van der Waals surface area contributed by atoms with Crippen LogP contribution in [0.3, 0.4) is 0 Å². The van der Waals surface area contributed by atoms with E-state index < -0.39 is 0 Å². The Kier molecular flexibility index (Phi) is 4.08. The first-order valence-corrected chi connectivity index (χ1v) is 3.37. The zero-order valence-electron chi connectivity index (χ0n) is 5.48. The van der Waals surface area contributed by atoms with Crippen LogP contribution in [-0.4, -0.2) is 0 Å². The van der Waals surface area contributed by atoms with Crippen LogP contribution in [0.4, 0.5) is 0 Å². The number of nitriles is 1. The fourth-order valence-corrected chi connectivity index (χ4v) is 0.409. The van der Waals surface area contributed by atoms with Gasteiger partial charge in [0.15, 0.2) is 0 Å². The van der Waals surface area contributed by atoms with Gasteiger partial charge in [-0.25, -0.2) is 0 Å². The Hall–Kier alpha value is -0.550. The normalized spacial score (nSPS) is 13.1. The van der Waals surface area contributed by atoms with Crippen molar-refractivity contribution in [1.29, 1.82) is 5.26 Å². The van der Waals surface area contributed by atoms with Gasteiger partial charge in [0.25, 0.3) is 0 Å². The molecule has 0 aliphatic carbocycles. The second kappa shape index (κ2) is 4.34. The maximum absolute atomic E-state index is 8.28. The van der Waals surface area contributed by atoms with Crippen LogP contribution in [0.25, 0.3) is 0 Å². The molecule has 0 saturated heterocycles. The van der Waals surface area contributed by atoms with Gasteiger partial charge in [0.05, 0.1) is 6.07 Å². The molecule has 0 unspecified atom stereocenters. The third-order valence-corrected chi connectivity index (χ3v) is 1.00. The standard InChI is InChI=1S/C7H8BrN/c1-6(5-9)3-4-7(2)8/h3-4H,1-2H3. The van der Waals surface area contributed by atoms with E-state index in [0.717, 1.165) is 4.48 Å². The van der Waals surface area contributed by atoms with Crippen molar-refractivity contribution in [1.82, 2.24) is 0 Å². The first-order valence-electron chi connectivity index (χ1n) is 2.57. The first kappa shape index (κ1) is 8.45. The van der Waals surface area contributed by atoms with Crippen molar-refractivity contribution in [2.75, 3.05) is 0 Å². The molecule has 2 heteroatoms. The van der Waals surface area contributed by atoms with Gasteiger partial charge < -0.3 is 0 Å². The molecular weight excluding hydrogens is 178 g/mol. The summed E-state index contributed by atoms with van der Waals surface area (Å²) < 4.78 is 1.03. The van der Waals surface area contributed by atoms with Crippen molar-refractivity contribution in [3.63, 3.8) is 0 Å². The number of halogens is 1. The van der Waals surface area contributed by atoms with Crippen LogP contribution in [0.1, 0.15) is 13.8 Å². The molecule has 0 N–H and O–H groups in total. The average Bonchev–Trinajstić information content (AvgIpc) is 1.83. The molecule has 0 saturated carbocycles. The molecule has 9 heavy (non-hydrogen) atoms. The quantitative estimate of drug-likeness (QED) is 0.456. The van der Waals surface area contributed by atoms with E-state index in [2.05, 4.69) is 15.9 Å². The van der Waals surface area contributed by atoms with E-state index in [-0.39, 0.29) is 0 Å². The molecular formula is C7H8BrN. The molecule has 0 rings (SSSR count). The zero-order valence-corrected chi connectivity index (χ0v) is 7.07. The van der Waals surface area contributed by atoms with Crippen LogP contribution >= 0.6 is 15.9 Å². The minimum Gasteiger partial charge on any atom is -0.193 e. The molecule has 48 valence electrons. The first-order chi connectivity index (χ1) is 4.16. The summed E-state index contributed by atoms with van der Waals surface area (Å²) in [4.78, 5) is 0. The molecule has 0 radical (unpaired) electrons. The third-order valence-electron chi connectivity index (χ3n) is 0.739. The highest BCUT2D eigenvalue weighted by atomic mass is 79.9. The van der Waals surface area contributed by atoms with Crippen molar-refractivity contribution in [2.45, 2.75) is 13.8 Å². The van der Waals surface area contributed by atoms with E-state index in [4.69, 9.17) is 5.26 Å². The molecule has 0 aromatic carbocycles. The largest absolute Gasteiger partial charge is 0.193 e. The van der Waals surface area contributed by atoms with Gasteiger partial charge in [0.1, 0.15) is 0 Å². The minimum atomic E-state index is 0.716. The summed E-state index contributed by atoms with van der Waals surface area (Å²) in [5.74, 6) is 0. The van der Waals surface area contributed by atoms with Crippen LogP contribution < -0.4 is 0 Å². The number of nitrogens with zero attached hydrogens (tertiary/aromatic N) is 1. The van der Waals surface area contributed by atoms with Crippen molar-refractivity contribution >= 4 is 15.9 Å². The van der Waals surface area contributed by atoms with Crippen molar-refractivity contribution in [2.24, 2.45) is 0 Å². The Balaban J connectivity index is 4.03. The van der Waals surface area contributed by atoms with E-state index in [1.807, 2.05) is 19.1 Å². The molecule has 1 nitrogen and oxygen atoms in total. The molecule has 0 amide bonds. The lowest BCUT2D eigenvalue weighted by Crippen LogP contribution is -1.63. The second-order valence-electron chi connectivity index (χ2n) is 1.71. The van der Waals surface area contributed by atoms with Crippen LogP contribution in [0.5, 0.6) is 0 Å². The number of rotatable bonds is 1. The van der Waals surface area contributed by atoms with E-state index >= 15 is 0 Å². The van der Waals surface area contributed by atoms with Gasteiger partial charge in [0.2, 0.25) is 0 Å². The molecule has 0 fully saturated rings. The van der Waals surface area contributed by atoms with Gasteiger partial charge in [-0.2, -0.15) is 5.26 Å². The predicted octanol–water partition coefficient (Wildman–Crippen LogP) is 2.75. The lowest BCUT2D eigenvalue weighted by molar-refractivity contribution is 1.44. The smallest absolute Gasteiger partial charge is 0.0944 e. The maximum atomic E-state index is 8.28. The molecule has 0 aromatic heterocycles. The summed E-state index contributed by atoms with van der Waals surface area (Å²) in [5.41, 5.74) is 0.716. The van der Waals surface area contributed by atoms with Gasteiger partial charge in [0, 0.05) is 5.57 Å². The summed E-state index contributed by atoms with van der Waals surface area (Å²) >= 11 is 3.24. The molecule has 0 aromatic rings. The molecule has 0 atom stereocenters. The van der Waals surface area contributed by atoms with Gasteiger partial charge in [-0.1, -0.05) is 22.0 Å². The van der Waals surface area contributed by atoms with Crippen LogP contribution in [-0.2, 0) is 0 Å². The fraction of sp³-hybridized carbons (Fsp3) is 0.286. The highest BCUT2D eigenvalue weighted by Gasteiger charge is 1.78. The highest BCUT2D eigenvalue weighted by Crippen LogP contribution is 2.02. The topological polar surface area (TPSA) is 23.8 Å². The molecule has 0 aliphatic heterocycles. The summed E-state index contributed by atoms with van der Waals surface area (Å²) in [6.45, 7) is 3.69. The lowest BCUT2D eigenvalue weighted by Gasteiger charge is -1.80. The van der Waals surface area contributed by atoms with E-state index in [9.17, 15) is 0 Å². The van der Waals surface area contributed by atoms with E-state index in [1.54, 1.807) is 13.0 Å². The van der Waals surface area contributed by atoms with Crippen molar-refractivity contribution in [3.05, 3.63) is 22.2 Å². The van der Waals surface area contributed by atoms with Gasteiger partial charge in [-0.3, -0.25) is 0 Å². The van der Waals surface area contributed by atoms with Crippen molar-refractivity contribution in [3.8, 4) is 6.07 Å². The molecule has 0 bridgehead atoms. The molecule has 0 aliphatic rings. The minimum absolute atomic E-state index is 0.716. The second-order valence-corrected chi connectivity index (χ2v) is 2.97. The van der Waals surface area contributed by atoms with Crippen LogP contribution in [0, 0.1) is 11.3 Å². The van der Waals surface area contributed by atoms with Crippen LogP contribution in [0.15, 0.2) is 22.2 Å². The fourth-order valence-electron chi connectivity index (χ4n) is 0.277. The zero-order chi connectivity index (χ0) is 7.28. The van der Waals surface area contributed by atoms with Crippen LogP contribution in [0.2, 0.25) is 0 Å². The number of hydrogen-bond acceptors (Lipinski definition) is 1.